The number of hydrogen-bond acceptors (Lipinski definition) is 4. The summed E-state index contributed by atoms with van der Waals surface area (Å²) in [7, 11) is -2.33. The lowest BCUT2D eigenvalue weighted by atomic mass is 10.2. The quantitative estimate of drug-likeness (QED) is 0.763. The molecule has 3 rings (SSSR count). The van der Waals surface area contributed by atoms with Gasteiger partial charge >= 0.3 is 0 Å². The van der Waals surface area contributed by atoms with Gasteiger partial charge in [0, 0.05) is 18.6 Å². The third-order valence-electron chi connectivity index (χ3n) is 3.72. The Labute approximate surface area is 146 Å². The van der Waals surface area contributed by atoms with Crippen LogP contribution in [0, 0.1) is 0 Å². The molecule has 0 aliphatic heterocycles. The second-order valence-corrected chi connectivity index (χ2v) is 7.55. The van der Waals surface area contributed by atoms with Crippen molar-refractivity contribution in [2.75, 3.05) is 18.9 Å². The molecule has 0 aliphatic rings. The minimum atomic E-state index is -3.71. The van der Waals surface area contributed by atoms with Crippen molar-refractivity contribution < 1.29 is 13.2 Å². The summed E-state index contributed by atoms with van der Waals surface area (Å²) in [5.41, 5.74) is 1.21. The highest BCUT2D eigenvalue weighted by atomic mass is 32.2. The molecule has 1 N–H and O–H groups in total. The van der Waals surface area contributed by atoms with Crippen LogP contribution in [-0.4, -0.2) is 37.2 Å². The normalized spacial score (nSPS) is 11.6. The van der Waals surface area contributed by atoms with Crippen molar-refractivity contribution in [1.82, 2.24) is 9.29 Å². The van der Waals surface area contributed by atoms with Crippen LogP contribution in [0.4, 0.5) is 5.69 Å². The van der Waals surface area contributed by atoms with Gasteiger partial charge in [0.15, 0.2) is 0 Å². The molecule has 0 saturated carbocycles. The van der Waals surface area contributed by atoms with Gasteiger partial charge in [-0.05, 0) is 24.3 Å². The zero-order chi connectivity index (χ0) is 17.9. The van der Waals surface area contributed by atoms with Crippen molar-refractivity contribution in [3.8, 4) is 0 Å². The van der Waals surface area contributed by atoms with E-state index < -0.39 is 15.9 Å². The molecular formula is C18H17N3O3S. The maximum absolute atomic E-state index is 12.5. The molecule has 0 aliphatic carbocycles. The van der Waals surface area contributed by atoms with E-state index in [1.54, 1.807) is 30.5 Å². The minimum absolute atomic E-state index is 0.150. The average molecular weight is 355 g/mol. The predicted molar refractivity (Wildman–Crippen MR) is 96.6 cm³/mol. The van der Waals surface area contributed by atoms with Crippen molar-refractivity contribution in [2.24, 2.45) is 0 Å². The minimum Gasteiger partial charge on any atom is -0.323 e. The lowest BCUT2D eigenvalue weighted by Gasteiger charge is -2.17. The number of anilines is 1. The van der Waals surface area contributed by atoms with Gasteiger partial charge in [-0.2, -0.15) is 4.31 Å². The second kappa shape index (κ2) is 7.00. The van der Waals surface area contributed by atoms with Crippen LogP contribution in [0.1, 0.15) is 0 Å². The zero-order valence-corrected chi connectivity index (χ0v) is 14.4. The van der Waals surface area contributed by atoms with E-state index in [1.807, 2.05) is 24.3 Å². The lowest BCUT2D eigenvalue weighted by molar-refractivity contribution is -0.116. The predicted octanol–water partition coefficient (Wildman–Crippen LogP) is 2.49. The summed E-state index contributed by atoms with van der Waals surface area (Å²) in [5.74, 6) is -0.430. The molecule has 6 nitrogen and oxygen atoms in total. The average Bonchev–Trinajstić information content (AvgIpc) is 2.62. The van der Waals surface area contributed by atoms with Gasteiger partial charge in [-0.25, -0.2) is 8.42 Å². The van der Waals surface area contributed by atoms with Gasteiger partial charge in [-0.15, -0.1) is 0 Å². The van der Waals surface area contributed by atoms with Crippen molar-refractivity contribution in [1.29, 1.82) is 0 Å². The van der Waals surface area contributed by atoms with Crippen molar-refractivity contribution in [3.05, 3.63) is 66.9 Å². The van der Waals surface area contributed by atoms with Crippen LogP contribution < -0.4 is 5.32 Å². The smallest absolute Gasteiger partial charge is 0.243 e. The van der Waals surface area contributed by atoms with Gasteiger partial charge in [0.2, 0.25) is 15.9 Å². The molecule has 2 aromatic carbocycles. The van der Waals surface area contributed by atoms with Crippen LogP contribution in [0.5, 0.6) is 0 Å². The monoisotopic (exact) mass is 355 g/mol. The maximum Gasteiger partial charge on any atom is 0.243 e. The summed E-state index contributed by atoms with van der Waals surface area (Å²) in [5, 5.41) is 3.63. The standard InChI is InChI=1S/C18H17N3O3S/c1-21(25(23,24)15-9-3-2-4-10-15)13-17(22)20-16-11-5-7-14-8-6-12-19-18(14)16/h2-12H,13H2,1H3,(H,20,22). The van der Waals surface area contributed by atoms with Crippen molar-refractivity contribution >= 4 is 32.5 Å². The summed E-state index contributed by atoms with van der Waals surface area (Å²) >= 11 is 0. The Morgan fingerprint density at radius 3 is 2.52 bits per heavy atom. The number of benzene rings is 2. The highest BCUT2D eigenvalue weighted by Crippen LogP contribution is 2.21. The van der Waals surface area contributed by atoms with Crippen LogP contribution in [0.3, 0.4) is 0 Å². The van der Waals surface area contributed by atoms with Crippen LogP contribution >= 0.6 is 0 Å². The fourth-order valence-corrected chi connectivity index (χ4v) is 3.60. The van der Waals surface area contributed by atoms with Crippen LogP contribution in [0.15, 0.2) is 71.8 Å². The van der Waals surface area contributed by atoms with Gasteiger partial charge in [-0.1, -0.05) is 36.4 Å². The SMILES string of the molecule is CN(CC(=O)Nc1cccc2cccnc12)S(=O)(=O)c1ccccc1. The first-order chi connectivity index (χ1) is 12.0. The van der Waals surface area contributed by atoms with E-state index in [1.165, 1.54) is 19.2 Å². The van der Waals surface area contributed by atoms with Gasteiger partial charge < -0.3 is 5.32 Å². The molecule has 1 heterocycles. The van der Waals surface area contributed by atoms with Crippen LogP contribution in [0.2, 0.25) is 0 Å². The van der Waals surface area contributed by atoms with E-state index in [-0.39, 0.29) is 11.4 Å². The molecule has 0 unspecified atom stereocenters. The number of nitrogens with zero attached hydrogens (tertiary/aromatic N) is 2. The summed E-state index contributed by atoms with van der Waals surface area (Å²) in [6.45, 7) is -0.291. The Morgan fingerprint density at radius 1 is 1.04 bits per heavy atom. The number of sulfonamides is 1. The van der Waals surface area contributed by atoms with E-state index in [2.05, 4.69) is 10.3 Å². The van der Waals surface area contributed by atoms with Gasteiger partial charge in [0.1, 0.15) is 0 Å². The number of amides is 1. The summed E-state index contributed by atoms with van der Waals surface area (Å²) in [6, 6.07) is 17.2. The number of carbonyl (C=O) groups is 1. The maximum atomic E-state index is 12.5. The molecule has 0 bridgehead atoms. The Kier molecular flexibility index (Phi) is 4.78. The van der Waals surface area contributed by atoms with Crippen molar-refractivity contribution in [3.63, 3.8) is 0 Å². The Hall–Kier alpha value is -2.77. The first-order valence-electron chi connectivity index (χ1n) is 7.63. The summed E-state index contributed by atoms with van der Waals surface area (Å²) in [4.78, 5) is 16.7. The first kappa shape index (κ1) is 17.1. The second-order valence-electron chi connectivity index (χ2n) is 5.50. The first-order valence-corrected chi connectivity index (χ1v) is 9.07. The molecular weight excluding hydrogens is 338 g/mol. The number of carbonyl (C=O) groups excluding carboxylic acids is 1. The molecule has 3 aromatic rings. The molecule has 25 heavy (non-hydrogen) atoms. The fourth-order valence-electron chi connectivity index (χ4n) is 2.45. The highest BCUT2D eigenvalue weighted by Gasteiger charge is 2.22. The molecule has 0 saturated heterocycles. The van der Waals surface area contributed by atoms with Crippen LogP contribution in [-0.2, 0) is 14.8 Å². The lowest BCUT2D eigenvalue weighted by Crippen LogP contribution is -2.35. The third-order valence-corrected chi connectivity index (χ3v) is 5.54. The fraction of sp³-hybridized carbons (Fsp3) is 0.111. The Balaban J connectivity index is 1.76. The van der Waals surface area contributed by atoms with Gasteiger partial charge in [0.25, 0.3) is 0 Å². The van der Waals surface area contributed by atoms with E-state index in [4.69, 9.17) is 0 Å². The third kappa shape index (κ3) is 3.67. The summed E-state index contributed by atoms with van der Waals surface area (Å²) < 4.78 is 26.0. The largest absolute Gasteiger partial charge is 0.323 e. The van der Waals surface area contributed by atoms with E-state index in [0.717, 1.165) is 9.69 Å². The molecule has 1 amide bonds. The van der Waals surface area contributed by atoms with Gasteiger partial charge in [0.05, 0.1) is 22.6 Å². The molecule has 0 radical (unpaired) electrons. The number of aromatic nitrogens is 1. The van der Waals surface area contributed by atoms with E-state index in [0.29, 0.717) is 11.2 Å². The highest BCUT2D eigenvalue weighted by molar-refractivity contribution is 7.89. The van der Waals surface area contributed by atoms with Crippen LogP contribution in [0.25, 0.3) is 10.9 Å². The molecule has 0 fully saturated rings. The zero-order valence-electron chi connectivity index (χ0n) is 13.6. The number of rotatable bonds is 5. The number of nitrogens with one attached hydrogen (secondary N) is 1. The van der Waals surface area contributed by atoms with Gasteiger partial charge in [-0.3, -0.25) is 9.78 Å². The number of hydrogen-bond donors (Lipinski definition) is 1. The Bertz CT molecular complexity index is 999. The molecule has 1 aromatic heterocycles. The van der Waals surface area contributed by atoms with Crippen molar-refractivity contribution in [2.45, 2.75) is 4.90 Å². The molecule has 0 spiro atoms. The molecule has 128 valence electrons. The number of pyridine rings is 1. The number of para-hydroxylation sites is 1. The van der Waals surface area contributed by atoms with E-state index >= 15 is 0 Å². The number of likely N-dealkylation sites (N-methyl/N-ethyl adjacent to an activating group) is 1. The topological polar surface area (TPSA) is 79.4 Å². The summed E-state index contributed by atoms with van der Waals surface area (Å²) in [6.07, 6.45) is 1.64. The molecule has 7 heteroatoms. The molecule has 0 atom stereocenters. The van der Waals surface area contributed by atoms with E-state index in [9.17, 15) is 13.2 Å². The number of fused-ring (bicyclic) bond motifs is 1. The Morgan fingerprint density at radius 2 is 1.76 bits per heavy atom.